The number of nitrogens with zero attached hydrogens (tertiary/aromatic N) is 1. The third kappa shape index (κ3) is 4.58. The molecule has 0 aromatic heterocycles. The molecule has 6 heteroatoms. The minimum atomic E-state index is -0.163. The van der Waals surface area contributed by atoms with Crippen LogP contribution in [-0.4, -0.2) is 30.7 Å². The number of carbonyl (C=O) groups excluding carboxylic acids is 1. The summed E-state index contributed by atoms with van der Waals surface area (Å²) < 4.78 is 10.6. The summed E-state index contributed by atoms with van der Waals surface area (Å²) >= 11 is 9.40. The van der Waals surface area contributed by atoms with E-state index in [-0.39, 0.29) is 5.78 Å². The number of hydrogen-bond acceptors (Lipinski definition) is 4. The lowest BCUT2D eigenvalue weighted by atomic mass is 10.0. The molecule has 0 radical (unpaired) electrons. The monoisotopic (exact) mass is 409 g/mol. The van der Waals surface area contributed by atoms with E-state index < -0.39 is 0 Å². The molecule has 0 bridgehead atoms. The van der Waals surface area contributed by atoms with E-state index in [1.54, 1.807) is 49.6 Å². The summed E-state index contributed by atoms with van der Waals surface area (Å²) in [4.78, 5) is 17.3. The van der Waals surface area contributed by atoms with Crippen molar-refractivity contribution in [1.82, 2.24) is 0 Å². The molecule has 0 atom stereocenters. The van der Waals surface area contributed by atoms with E-state index in [1.165, 1.54) is 0 Å². The smallest absolute Gasteiger partial charge is 0.199 e. The Hall–Kier alpha value is -1.85. The Labute approximate surface area is 154 Å². The number of ether oxygens (including phenoxy) is 2. The number of ketones is 1. The van der Waals surface area contributed by atoms with Gasteiger partial charge in [-0.3, -0.25) is 4.79 Å². The van der Waals surface area contributed by atoms with Crippen LogP contribution in [0, 0.1) is 0 Å². The zero-order chi connectivity index (χ0) is 17.5. The first-order valence-corrected chi connectivity index (χ1v) is 8.83. The fourth-order valence-electron chi connectivity index (χ4n) is 2.09. The Morgan fingerprint density at radius 1 is 1.21 bits per heavy atom. The van der Waals surface area contributed by atoms with Crippen LogP contribution in [0.15, 0.2) is 47.5 Å². The highest BCUT2D eigenvalue weighted by Crippen LogP contribution is 2.27. The van der Waals surface area contributed by atoms with Gasteiger partial charge >= 0.3 is 0 Å². The second kappa shape index (κ2) is 8.85. The standard InChI is InChI=1S/C18H17BrClNO3/c1-3-24-17(11-19)21-16-9-6-13(20)10-15(16)18(22)12-4-7-14(23-2)8-5-12/h4-10H,3,11H2,1-2H3. The van der Waals surface area contributed by atoms with Crippen LogP contribution in [0.25, 0.3) is 0 Å². The van der Waals surface area contributed by atoms with Gasteiger partial charge in [-0.25, -0.2) is 4.99 Å². The molecule has 4 nitrogen and oxygen atoms in total. The van der Waals surface area contributed by atoms with Crippen LogP contribution in [-0.2, 0) is 4.74 Å². The first-order chi connectivity index (χ1) is 11.6. The van der Waals surface area contributed by atoms with Crippen molar-refractivity contribution in [3.63, 3.8) is 0 Å². The summed E-state index contributed by atoms with van der Waals surface area (Å²) in [5, 5.41) is 0.933. The molecule has 0 aliphatic heterocycles. The van der Waals surface area contributed by atoms with Crippen molar-refractivity contribution in [1.29, 1.82) is 0 Å². The van der Waals surface area contributed by atoms with E-state index >= 15 is 0 Å². The average Bonchev–Trinajstić information content (AvgIpc) is 2.62. The highest BCUT2D eigenvalue weighted by Gasteiger charge is 2.15. The molecule has 126 valence electrons. The molecule has 0 unspecified atom stereocenters. The first kappa shape index (κ1) is 18.5. The van der Waals surface area contributed by atoms with E-state index in [0.29, 0.717) is 45.4 Å². The summed E-state index contributed by atoms with van der Waals surface area (Å²) in [5.74, 6) is 1.03. The van der Waals surface area contributed by atoms with Crippen molar-refractivity contribution in [2.75, 3.05) is 19.0 Å². The van der Waals surface area contributed by atoms with Gasteiger partial charge in [0, 0.05) is 16.1 Å². The summed E-state index contributed by atoms with van der Waals surface area (Å²) in [6.45, 7) is 2.38. The van der Waals surface area contributed by atoms with Gasteiger partial charge in [0.2, 0.25) is 0 Å². The minimum absolute atomic E-state index is 0.163. The number of methoxy groups -OCH3 is 1. The average molecular weight is 411 g/mol. The number of hydrogen-bond donors (Lipinski definition) is 0. The Kier molecular flexibility index (Phi) is 6.82. The summed E-state index contributed by atoms with van der Waals surface area (Å²) in [6, 6.07) is 11.9. The van der Waals surface area contributed by atoms with Crippen LogP contribution in [0.1, 0.15) is 22.8 Å². The van der Waals surface area contributed by atoms with Gasteiger partial charge in [-0.1, -0.05) is 27.5 Å². The lowest BCUT2D eigenvalue weighted by molar-refractivity contribution is 0.103. The van der Waals surface area contributed by atoms with E-state index in [0.717, 1.165) is 0 Å². The second-order valence-corrected chi connectivity index (χ2v) is 5.79. The molecule has 2 rings (SSSR count). The van der Waals surface area contributed by atoms with Gasteiger partial charge in [0.25, 0.3) is 0 Å². The summed E-state index contributed by atoms with van der Waals surface area (Å²) in [7, 11) is 1.58. The number of halogens is 2. The van der Waals surface area contributed by atoms with Gasteiger partial charge in [0.05, 0.1) is 24.7 Å². The highest BCUT2D eigenvalue weighted by atomic mass is 79.9. The fourth-order valence-corrected chi connectivity index (χ4v) is 2.55. The summed E-state index contributed by atoms with van der Waals surface area (Å²) in [6.07, 6.45) is 0. The number of benzene rings is 2. The zero-order valence-corrected chi connectivity index (χ0v) is 15.7. The van der Waals surface area contributed by atoms with E-state index in [2.05, 4.69) is 20.9 Å². The highest BCUT2D eigenvalue weighted by molar-refractivity contribution is 9.09. The molecule has 0 heterocycles. The van der Waals surface area contributed by atoms with Gasteiger partial charge < -0.3 is 9.47 Å². The molecule has 0 aliphatic carbocycles. The third-order valence-electron chi connectivity index (χ3n) is 3.23. The molecular formula is C18H17BrClNO3. The topological polar surface area (TPSA) is 47.9 Å². The molecule has 0 spiro atoms. The Balaban J connectivity index is 2.43. The normalized spacial score (nSPS) is 11.2. The first-order valence-electron chi connectivity index (χ1n) is 7.33. The maximum Gasteiger partial charge on any atom is 0.199 e. The lowest BCUT2D eigenvalue weighted by Gasteiger charge is -2.09. The largest absolute Gasteiger partial charge is 0.497 e. The van der Waals surface area contributed by atoms with Crippen LogP contribution >= 0.6 is 27.5 Å². The van der Waals surface area contributed by atoms with Crippen LogP contribution in [0.5, 0.6) is 5.75 Å². The quantitative estimate of drug-likeness (QED) is 0.290. The molecule has 0 saturated heterocycles. The number of aliphatic imine (C=N–C) groups is 1. The van der Waals surface area contributed by atoms with Crippen molar-refractivity contribution in [2.24, 2.45) is 4.99 Å². The van der Waals surface area contributed by atoms with Crippen LogP contribution < -0.4 is 4.74 Å². The molecule has 2 aromatic rings. The maximum atomic E-state index is 12.8. The lowest BCUT2D eigenvalue weighted by Crippen LogP contribution is -2.07. The molecule has 2 aromatic carbocycles. The fraction of sp³-hybridized carbons (Fsp3) is 0.222. The van der Waals surface area contributed by atoms with E-state index in [1.807, 2.05) is 6.92 Å². The van der Waals surface area contributed by atoms with Crippen molar-refractivity contribution in [2.45, 2.75) is 6.92 Å². The number of rotatable bonds is 6. The Bertz CT molecular complexity index is 744. The molecule has 0 fully saturated rings. The molecule has 0 amide bonds. The van der Waals surface area contributed by atoms with E-state index in [4.69, 9.17) is 21.1 Å². The van der Waals surface area contributed by atoms with Gasteiger partial charge in [-0.05, 0) is 49.4 Å². The predicted molar refractivity (Wildman–Crippen MR) is 100 cm³/mol. The minimum Gasteiger partial charge on any atom is -0.497 e. The SMILES string of the molecule is CCOC(CBr)=Nc1ccc(Cl)cc1C(=O)c1ccc(OC)cc1. The van der Waals surface area contributed by atoms with Crippen molar-refractivity contribution in [3.05, 3.63) is 58.6 Å². The molecule has 24 heavy (non-hydrogen) atoms. The van der Waals surface area contributed by atoms with Crippen LogP contribution in [0.2, 0.25) is 5.02 Å². The van der Waals surface area contributed by atoms with Gasteiger partial charge in [-0.2, -0.15) is 0 Å². The molecule has 0 saturated carbocycles. The van der Waals surface area contributed by atoms with Gasteiger partial charge in [-0.15, -0.1) is 0 Å². The van der Waals surface area contributed by atoms with E-state index in [9.17, 15) is 4.79 Å². The van der Waals surface area contributed by atoms with Crippen molar-refractivity contribution < 1.29 is 14.3 Å². The number of alkyl halides is 1. The summed E-state index contributed by atoms with van der Waals surface area (Å²) in [5.41, 5.74) is 1.47. The predicted octanol–water partition coefficient (Wildman–Crippen LogP) is 5.04. The Morgan fingerprint density at radius 2 is 1.92 bits per heavy atom. The molecular weight excluding hydrogens is 394 g/mol. The van der Waals surface area contributed by atoms with Crippen molar-refractivity contribution in [3.8, 4) is 5.75 Å². The van der Waals surface area contributed by atoms with Crippen LogP contribution in [0.4, 0.5) is 5.69 Å². The zero-order valence-electron chi connectivity index (χ0n) is 13.4. The van der Waals surface area contributed by atoms with Gasteiger partial charge in [0.15, 0.2) is 11.7 Å². The second-order valence-electron chi connectivity index (χ2n) is 4.79. The van der Waals surface area contributed by atoms with Crippen molar-refractivity contribution >= 4 is 44.9 Å². The van der Waals surface area contributed by atoms with Crippen LogP contribution in [0.3, 0.4) is 0 Å². The Morgan fingerprint density at radius 3 is 2.50 bits per heavy atom. The maximum absolute atomic E-state index is 12.8. The third-order valence-corrected chi connectivity index (χ3v) is 3.94. The molecule has 0 aliphatic rings. The number of carbonyl (C=O) groups is 1. The molecule has 0 N–H and O–H groups in total. The van der Waals surface area contributed by atoms with Gasteiger partial charge in [0.1, 0.15) is 5.75 Å².